The molecule has 0 saturated heterocycles. The second-order valence-electron chi connectivity index (χ2n) is 2.96. The number of aliphatic carboxylic acids is 2. The van der Waals surface area contributed by atoms with Crippen LogP contribution in [0, 0.1) is 0 Å². The van der Waals surface area contributed by atoms with Gasteiger partial charge in [0.15, 0.2) is 0 Å². The normalized spacial score (nSPS) is 8.38. The molecule has 11 heteroatoms. The SMILES string of the molecule is NCCS.NCCSSCCC(=O)O.O.O=C(O)CCS. The van der Waals surface area contributed by atoms with Gasteiger partial charge in [0.2, 0.25) is 0 Å². The standard InChI is InChI=1S/C5H11NO2S2.C3H6O2S.C2H7NS.H2O/c6-2-4-10-9-3-1-5(7)8;4-3(5)1-2-6;3-1-2-4;/h1-4,6H2,(H,7,8);6H,1-2H2,(H,4,5);4H,1-3H2;1H2. The molecular weight excluding hydrogens is 356 g/mol. The fraction of sp³-hybridized carbons (Fsp3) is 0.800. The summed E-state index contributed by atoms with van der Waals surface area (Å²) in [7, 11) is 3.19. The van der Waals surface area contributed by atoms with Gasteiger partial charge < -0.3 is 27.2 Å². The number of carbonyl (C=O) groups is 2. The molecule has 0 aromatic carbocycles. The predicted octanol–water partition coefficient (Wildman–Crippen LogP) is 0.242. The van der Waals surface area contributed by atoms with E-state index < -0.39 is 11.9 Å². The van der Waals surface area contributed by atoms with Gasteiger partial charge in [-0.05, 0) is 0 Å². The summed E-state index contributed by atoms with van der Waals surface area (Å²) in [5.41, 5.74) is 10.2. The first-order valence-corrected chi connectivity index (χ1v) is 9.51. The van der Waals surface area contributed by atoms with Gasteiger partial charge in [0.05, 0.1) is 12.8 Å². The number of hydrogen-bond donors (Lipinski definition) is 6. The number of rotatable bonds is 9. The van der Waals surface area contributed by atoms with Crippen LogP contribution in [0.25, 0.3) is 0 Å². The van der Waals surface area contributed by atoms with Gasteiger partial charge in [-0.2, -0.15) is 25.3 Å². The molecule has 0 aliphatic carbocycles. The van der Waals surface area contributed by atoms with Gasteiger partial charge in [-0.15, -0.1) is 0 Å². The predicted molar refractivity (Wildman–Crippen MR) is 98.9 cm³/mol. The van der Waals surface area contributed by atoms with Crippen LogP contribution < -0.4 is 11.5 Å². The molecule has 0 spiro atoms. The van der Waals surface area contributed by atoms with Crippen molar-refractivity contribution in [3.63, 3.8) is 0 Å². The highest BCUT2D eigenvalue weighted by molar-refractivity contribution is 8.76. The van der Waals surface area contributed by atoms with Gasteiger partial charge in [0.25, 0.3) is 0 Å². The molecule has 0 aromatic rings. The maximum atomic E-state index is 9.98. The molecule has 0 atom stereocenters. The summed E-state index contributed by atoms with van der Waals surface area (Å²) in [5.74, 6) is 1.26. The van der Waals surface area contributed by atoms with Crippen molar-refractivity contribution >= 4 is 58.8 Å². The Balaban J connectivity index is -0.000000113. The maximum Gasteiger partial charge on any atom is 0.304 e. The lowest BCUT2D eigenvalue weighted by atomic mass is 10.5. The van der Waals surface area contributed by atoms with Crippen molar-refractivity contribution in [1.29, 1.82) is 0 Å². The van der Waals surface area contributed by atoms with Gasteiger partial charge in [-0.25, -0.2) is 0 Å². The van der Waals surface area contributed by atoms with E-state index in [0.29, 0.717) is 24.6 Å². The van der Waals surface area contributed by atoms with Crippen molar-refractivity contribution in [2.24, 2.45) is 11.5 Å². The van der Waals surface area contributed by atoms with Crippen LogP contribution in [0.1, 0.15) is 12.8 Å². The minimum Gasteiger partial charge on any atom is -0.481 e. The molecule has 0 saturated carbocycles. The first kappa shape index (κ1) is 29.3. The Morgan fingerprint density at radius 3 is 1.52 bits per heavy atom. The van der Waals surface area contributed by atoms with E-state index in [1.54, 1.807) is 21.6 Å². The zero-order valence-electron chi connectivity index (χ0n) is 11.7. The fourth-order valence-corrected chi connectivity index (χ4v) is 2.42. The Morgan fingerprint density at radius 2 is 1.29 bits per heavy atom. The van der Waals surface area contributed by atoms with E-state index in [2.05, 4.69) is 25.3 Å². The molecule has 0 amide bonds. The number of carboxylic acids is 2. The molecular formula is C10H26N2O5S4. The molecule has 7 nitrogen and oxygen atoms in total. The molecule has 8 N–H and O–H groups in total. The minimum atomic E-state index is -0.787. The van der Waals surface area contributed by atoms with E-state index in [-0.39, 0.29) is 18.3 Å². The van der Waals surface area contributed by atoms with E-state index in [0.717, 1.165) is 11.5 Å². The summed E-state index contributed by atoms with van der Waals surface area (Å²) >= 11 is 7.47. The average Bonchev–Trinajstić information content (AvgIpc) is 2.39. The smallest absolute Gasteiger partial charge is 0.304 e. The second-order valence-corrected chi connectivity index (χ2v) is 6.55. The van der Waals surface area contributed by atoms with Crippen LogP contribution in [0.15, 0.2) is 0 Å². The Hall–Kier alpha value is 0.220. The fourth-order valence-electron chi connectivity index (χ4n) is 0.391. The lowest BCUT2D eigenvalue weighted by Gasteiger charge is -1.95. The molecule has 0 rings (SSSR count). The summed E-state index contributed by atoms with van der Waals surface area (Å²) in [5, 5.41) is 16.1. The molecule has 0 unspecified atom stereocenters. The first-order chi connectivity index (χ1) is 9.45. The molecule has 0 aliphatic heterocycles. The minimum absolute atomic E-state index is 0. The van der Waals surface area contributed by atoms with E-state index in [9.17, 15) is 9.59 Å². The van der Waals surface area contributed by atoms with Crippen LogP contribution in [0.3, 0.4) is 0 Å². The average molecular weight is 383 g/mol. The highest BCUT2D eigenvalue weighted by atomic mass is 33.1. The molecule has 130 valence electrons. The third-order valence-corrected chi connectivity index (χ3v) is 4.06. The summed E-state index contributed by atoms with van der Waals surface area (Å²) in [6.45, 7) is 1.34. The number of thiol groups is 2. The summed E-state index contributed by atoms with van der Waals surface area (Å²) in [6.07, 6.45) is 0.394. The summed E-state index contributed by atoms with van der Waals surface area (Å²) in [6, 6.07) is 0. The lowest BCUT2D eigenvalue weighted by molar-refractivity contribution is -0.137. The molecule has 0 heterocycles. The van der Waals surface area contributed by atoms with Crippen molar-refractivity contribution in [3.8, 4) is 0 Å². The van der Waals surface area contributed by atoms with Crippen LogP contribution in [0.4, 0.5) is 0 Å². The Morgan fingerprint density at radius 1 is 0.857 bits per heavy atom. The topological polar surface area (TPSA) is 158 Å². The van der Waals surface area contributed by atoms with Gasteiger partial charge in [0, 0.05) is 36.1 Å². The van der Waals surface area contributed by atoms with Crippen LogP contribution in [-0.2, 0) is 9.59 Å². The van der Waals surface area contributed by atoms with E-state index in [1.165, 1.54) is 0 Å². The number of nitrogens with two attached hydrogens (primary N) is 2. The summed E-state index contributed by atoms with van der Waals surface area (Å²) in [4.78, 5) is 19.5. The summed E-state index contributed by atoms with van der Waals surface area (Å²) < 4.78 is 0. The van der Waals surface area contributed by atoms with Crippen molar-refractivity contribution in [2.75, 3.05) is 36.1 Å². The molecule has 0 radical (unpaired) electrons. The Kier molecular flexibility index (Phi) is 39.6. The van der Waals surface area contributed by atoms with Gasteiger partial charge in [0.1, 0.15) is 0 Å². The highest BCUT2D eigenvalue weighted by Crippen LogP contribution is 2.20. The molecule has 21 heavy (non-hydrogen) atoms. The second kappa shape index (κ2) is 28.4. The molecule has 0 fully saturated rings. The number of hydrogen-bond acceptors (Lipinski definition) is 8. The highest BCUT2D eigenvalue weighted by Gasteiger charge is 1.95. The van der Waals surface area contributed by atoms with E-state index in [1.807, 2.05) is 0 Å². The quantitative estimate of drug-likeness (QED) is 0.188. The maximum absolute atomic E-state index is 9.98. The van der Waals surface area contributed by atoms with E-state index >= 15 is 0 Å². The zero-order chi connectivity index (χ0) is 16.2. The molecule has 0 aliphatic rings. The van der Waals surface area contributed by atoms with Crippen molar-refractivity contribution < 1.29 is 25.3 Å². The Labute approximate surface area is 144 Å². The van der Waals surface area contributed by atoms with Crippen molar-refractivity contribution in [2.45, 2.75) is 12.8 Å². The zero-order valence-corrected chi connectivity index (χ0v) is 15.2. The third-order valence-electron chi connectivity index (χ3n) is 1.14. The van der Waals surface area contributed by atoms with Crippen LogP contribution >= 0.6 is 46.8 Å². The Bertz CT molecular complexity index is 224. The van der Waals surface area contributed by atoms with Crippen molar-refractivity contribution in [1.82, 2.24) is 0 Å². The van der Waals surface area contributed by atoms with Crippen LogP contribution in [0.2, 0.25) is 0 Å². The van der Waals surface area contributed by atoms with Crippen LogP contribution in [0.5, 0.6) is 0 Å². The monoisotopic (exact) mass is 382 g/mol. The van der Waals surface area contributed by atoms with Crippen LogP contribution in [-0.4, -0.2) is 63.7 Å². The molecule has 0 aromatic heterocycles. The number of carboxylic acid groups (broad SMARTS) is 2. The van der Waals surface area contributed by atoms with Crippen molar-refractivity contribution in [3.05, 3.63) is 0 Å². The first-order valence-electron chi connectivity index (χ1n) is 5.76. The van der Waals surface area contributed by atoms with Gasteiger partial charge in [-0.1, -0.05) is 21.6 Å². The molecule has 0 bridgehead atoms. The lowest BCUT2D eigenvalue weighted by Crippen LogP contribution is -2.00. The third kappa shape index (κ3) is 53.3. The van der Waals surface area contributed by atoms with Gasteiger partial charge in [-0.3, -0.25) is 9.59 Å². The van der Waals surface area contributed by atoms with E-state index in [4.69, 9.17) is 21.7 Å². The van der Waals surface area contributed by atoms with Gasteiger partial charge >= 0.3 is 11.9 Å². The largest absolute Gasteiger partial charge is 0.481 e.